The first-order valence-corrected chi connectivity index (χ1v) is 10.6. The largest absolute Gasteiger partial charge is 0.312 e. The van der Waals surface area contributed by atoms with Crippen molar-refractivity contribution in [3.05, 3.63) is 63.1 Å². The lowest BCUT2D eigenvalue weighted by Gasteiger charge is -2.33. The maximum Gasteiger partial charge on any atom is 0.312 e. The number of likely N-dealkylation sites (N-methyl/N-ethyl adjacent to an activating group) is 1. The molecular weight excluding hydrogens is 407 g/mol. The number of hydrogen-bond donors (Lipinski definition) is 2. The van der Waals surface area contributed by atoms with Crippen LogP contribution in [0.4, 0.5) is 5.69 Å². The average Bonchev–Trinajstić information content (AvgIpc) is 2.54. The predicted octanol–water partition coefficient (Wildman–Crippen LogP) is 3.29. The van der Waals surface area contributed by atoms with Crippen molar-refractivity contribution < 1.29 is 8.42 Å². The summed E-state index contributed by atoms with van der Waals surface area (Å²) in [5.74, 6) is 0.112. The number of nitrogens with zero attached hydrogens (tertiary/aromatic N) is 2. The Bertz CT molecular complexity index is 933. The Hall–Kier alpha value is -1.35. The van der Waals surface area contributed by atoms with Crippen LogP contribution in [0.15, 0.2) is 36.4 Å². The molecule has 0 radical (unpaired) electrons. The third kappa shape index (κ3) is 4.93. The zero-order valence-electron chi connectivity index (χ0n) is 15.3. The molecule has 1 aliphatic rings. The molecule has 2 aromatic carbocycles. The number of anilines is 1. The van der Waals surface area contributed by atoms with Crippen LogP contribution >= 0.6 is 23.2 Å². The quantitative estimate of drug-likeness (QED) is 0.716. The fourth-order valence-corrected chi connectivity index (χ4v) is 4.87. The Morgan fingerprint density at radius 3 is 2.44 bits per heavy atom. The minimum atomic E-state index is -3.66. The molecule has 146 valence electrons. The molecule has 0 aromatic heterocycles. The van der Waals surface area contributed by atoms with Crippen LogP contribution in [0, 0.1) is 0 Å². The van der Waals surface area contributed by atoms with Gasteiger partial charge in [-0.3, -0.25) is 4.72 Å². The normalized spacial score (nSPS) is 17.8. The Kier molecular flexibility index (Phi) is 6.00. The molecule has 1 atom stereocenters. The SMILES string of the molecule is CN1Cc2c(Cl)cc(Cl)cc2C(c2ccc(NS(=O)(=O)NN(C)C)cc2)C1. The van der Waals surface area contributed by atoms with Gasteiger partial charge in [0.2, 0.25) is 0 Å². The molecule has 2 N–H and O–H groups in total. The summed E-state index contributed by atoms with van der Waals surface area (Å²) in [5, 5.41) is 2.65. The highest BCUT2D eigenvalue weighted by atomic mass is 35.5. The van der Waals surface area contributed by atoms with Crippen LogP contribution in [0.1, 0.15) is 22.6 Å². The molecule has 3 rings (SSSR count). The molecule has 0 aliphatic carbocycles. The maximum atomic E-state index is 12.0. The van der Waals surface area contributed by atoms with Gasteiger partial charge in [0.25, 0.3) is 0 Å². The van der Waals surface area contributed by atoms with E-state index >= 15 is 0 Å². The summed E-state index contributed by atoms with van der Waals surface area (Å²) >= 11 is 12.6. The Morgan fingerprint density at radius 2 is 1.81 bits per heavy atom. The van der Waals surface area contributed by atoms with Crippen LogP contribution < -0.4 is 9.55 Å². The van der Waals surface area contributed by atoms with Crippen molar-refractivity contribution in [2.45, 2.75) is 12.5 Å². The number of hydrogen-bond acceptors (Lipinski definition) is 4. The van der Waals surface area contributed by atoms with Gasteiger partial charge in [-0.25, -0.2) is 5.01 Å². The van der Waals surface area contributed by atoms with Gasteiger partial charge in [0.1, 0.15) is 0 Å². The van der Waals surface area contributed by atoms with Crippen molar-refractivity contribution in [2.75, 3.05) is 32.4 Å². The molecule has 1 aliphatic heterocycles. The van der Waals surface area contributed by atoms with Gasteiger partial charge in [0, 0.05) is 48.8 Å². The van der Waals surface area contributed by atoms with Crippen molar-refractivity contribution in [3.8, 4) is 0 Å². The highest BCUT2D eigenvalue weighted by molar-refractivity contribution is 7.90. The van der Waals surface area contributed by atoms with E-state index in [2.05, 4.69) is 21.5 Å². The van der Waals surface area contributed by atoms with Crippen LogP contribution in [-0.2, 0) is 16.8 Å². The minimum Gasteiger partial charge on any atom is -0.301 e. The second-order valence-electron chi connectivity index (χ2n) is 6.92. The summed E-state index contributed by atoms with van der Waals surface area (Å²) in [5.41, 5.74) is 3.76. The van der Waals surface area contributed by atoms with Crippen molar-refractivity contribution in [1.82, 2.24) is 14.7 Å². The predicted molar refractivity (Wildman–Crippen MR) is 110 cm³/mol. The van der Waals surface area contributed by atoms with Crippen LogP contribution in [-0.4, -0.2) is 46.0 Å². The molecule has 6 nitrogen and oxygen atoms in total. The Morgan fingerprint density at radius 1 is 1.15 bits per heavy atom. The van der Waals surface area contributed by atoms with Gasteiger partial charge < -0.3 is 4.90 Å². The number of hydrazine groups is 1. The zero-order chi connectivity index (χ0) is 19.8. The smallest absolute Gasteiger partial charge is 0.301 e. The standard InChI is InChI=1S/C18H22Cl2N4O2S/c1-23(2)22-27(25,26)21-14-6-4-12(5-7-14)16-10-24(3)11-17-15(16)8-13(19)9-18(17)20/h4-9,16,21-22H,10-11H2,1-3H3. The number of benzene rings is 2. The van der Waals surface area contributed by atoms with Crippen molar-refractivity contribution in [3.63, 3.8) is 0 Å². The van der Waals surface area contributed by atoms with Gasteiger partial charge in [0.05, 0.1) is 0 Å². The topological polar surface area (TPSA) is 64.7 Å². The Balaban J connectivity index is 1.88. The van der Waals surface area contributed by atoms with E-state index < -0.39 is 10.2 Å². The summed E-state index contributed by atoms with van der Waals surface area (Å²) in [6.07, 6.45) is 0. The van der Waals surface area contributed by atoms with Crippen LogP contribution in [0.3, 0.4) is 0 Å². The lowest BCUT2D eigenvalue weighted by molar-refractivity contribution is 0.295. The first kappa shape index (κ1) is 20.4. The molecule has 0 spiro atoms. The molecule has 1 heterocycles. The summed E-state index contributed by atoms with van der Waals surface area (Å²) in [6, 6.07) is 11.1. The lowest BCUT2D eigenvalue weighted by atomic mass is 9.85. The maximum absolute atomic E-state index is 12.0. The van der Waals surface area contributed by atoms with Crippen LogP contribution in [0.25, 0.3) is 0 Å². The minimum absolute atomic E-state index is 0.112. The summed E-state index contributed by atoms with van der Waals surface area (Å²) in [7, 11) is 1.61. The van der Waals surface area contributed by atoms with E-state index in [9.17, 15) is 8.42 Å². The zero-order valence-corrected chi connectivity index (χ0v) is 17.7. The van der Waals surface area contributed by atoms with Crippen LogP contribution in [0.2, 0.25) is 10.0 Å². The molecule has 0 saturated carbocycles. The molecule has 0 saturated heterocycles. The number of fused-ring (bicyclic) bond motifs is 1. The molecule has 2 aromatic rings. The van der Waals surface area contributed by atoms with Gasteiger partial charge in [-0.05, 0) is 48.0 Å². The number of halogens is 2. The second-order valence-corrected chi connectivity index (χ2v) is 9.16. The van der Waals surface area contributed by atoms with E-state index in [4.69, 9.17) is 23.2 Å². The Labute approximate surface area is 170 Å². The molecule has 0 fully saturated rings. The third-order valence-electron chi connectivity index (χ3n) is 4.36. The van der Waals surface area contributed by atoms with Crippen molar-refractivity contribution in [2.24, 2.45) is 0 Å². The fraction of sp³-hybridized carbons (Fsp3) is 0.333. The van der Waals surface area contributed by atoms with Crippen LogP contribution in [0.5, 0.6) is 0 Å². The molecule has 9 heteroatoms. The fourth-order valence-electron chi connectivity index (χ4n) is 3.33. The van der Waals surface area contributed by atoms with Crippen molar-refractivity contribution in [1.29, 1.82) is 0 Å². The average molecular weight is 429 g/mol. The molecule has 0 amide bonds. The van der Waals surface area contributed by atoms with Crippen molar-refractivity contribution >= 4 is 39.1 Å². The van der Waals surface area contributed by atoms with Gasteiger partial charge in [-0.2, -0.15) is 8.42 Å². The van der Waals surface area contributed by atoms with E-state index in [1.807, 2.05) is 18.2 Å². The second kappa shape index (κ2) is 7.95. The van der Waals surface area contributed by atoms with E-state index in [0.717, 1.165) is 29.8 Å². The van der Waals surface area contributed by atoms with E-state index in [0.29, 0.717) is 15.7 Å². The monoisotopic (exact) mass is 428 g/mol. The summed E-state index contributed by atoms with van der Waals surface area (Å²) in [4.78, 5) is 4.55. The summed E-state index contributed by atoms with van der Waals surface area (Å²) < 4.78 is 26.5. The van der Waals surface area contributed by atoms with E-state index in [1.165, 1.54) is 5.01 Å². The van der Waals surface area contributed by atoms with Gasteiger partial charge in [0.15, 0.2) is 0 Å². The molecular formula is C18H22Cl2N4O2S. The van der Waals surface area contributed by atoms with Gasteiger partial charge in [-0.15, -0.1) is 4.83 Å². The lowest BCUT2D eigenvalue weighted by Crippen LogP contribution is -2.39. The number of rotatable bonds is 5. The first-order chi connectivity index (χ1) is 12.6. The molecule has 1 unspecified atom stereocenters. The van der Waals surface area contributed by atoms with Gasteiger partial charge in [-0.1, -0.05) is 35.3 Å². The highest BCUT2D eigenvalue weighted by Crippen LogP contribution is 2.38. The van der Waals surface area contributed by atoms with E-state index in [1.54, 1.807) is 32.3 Å². The highest BCUT2D eigenvalue weighted by Gasteiger charge is 2.27. The molecule has 27 heavy (non-hydrogen) atoms. The third-order valence-corrected chi connectivity index (χ3v) is 6.03. The van der Waals surface area contributed by atoms with E-state index in [-0.39, 0.29) is 5.92 Å². The van der Waals surface area contributed by atoms with Gasteiger partial charge >= 0.3 is 10.2 Å². The first-order valence-electron chi connectivity index (χ1n) is 8.38. The molecule has 0 bridgehead atoms. The number of nitrogens with one attached hydrogen (secondary N) is 2. The summed E-state index contributed by atoms with van der Waals surface area (Å²) in [6.45, 7) is 1.60.